The Balaban J connectivity index is 2.61. The summed E-state index contributed by atoms with van der Waals surface area (Å²) in [6, 6.07) is 0.909. The molecule has 2 rings (SSSR count). The van der Waals surface area contributed by atoms with Crippen LogP contribution < -0.4 is 5.32 Å². The van der Waals surface area contributed by atoms with Gasteiger partial charge in [-0.3, -0.25) is 0 Å². The van der Waals surface area contributed by atoms with Crippen LogP contribution in [0.2, 0.25) is 0 Å². The van der Waals surface area contributed by atoms with E-state index in [0.29, 0.717) is 25.8 Å². The zero-order valence-corrected chi connectivity index (χ0v) is 10.5. The van der Waals surface area contributed by atoms with E-state index in [9.17, 15) is 22.3 Å². The normalized spacial score (nSPS) is 20.3. The molecule has 1 heterocycles. The maximum Gasteiger partial charge on any atom is 0.186 e. The van der Waals surface area contributed by atoms with Crippen molar-refractivity contribution >= 4 is 9.84 Å². The second-order valence-electron chi connectivity index (χ2n) is 4.40. The summed E-state index contributed by atoms with van der Waals surface area (Å²) in [5, 5.41) is 12.7. The minimum Gasteiger partial charge on any atom is -0.505 e. The maximum absolute atomic E-state index is 13.8. The van der Waals surface area contributed by atoms with Crippen molar-refractivity contribution in [3.63, 3.8) is 0 Å². The number of phenolic OH excluding ortho intramolecular Hbond substituents is 1. The number of phenols is 1. The monoisotopic (exact) mass is 277 g/mol. The van der Waals surface area contributed by atoms with Gasteiger partial charge in [0.25, 0.3) is 0 Å². The number of rotatable bonds is 2. The van der Waals surface area contributed by atoms with E-state index < -0.39 is 32.1 Å². The zero-order chi connectivity index (χ0) is 13.5. The highest BCUT2D eigenvalue weighted by Crippen LogP contribution is 2.36. The second-order valence-corrected chi connectivity index (χ2v) is 6.35. The summed E-state index contributed by atoms with van der Waals surface area (Å²) in [6.45, 7) is 1.20. The van der Waals surface area contributed by atoms with Crippen LogP contribution in [0.5, 0.6) is 5.75 Å². The van der Waals surface area contributed by atoms with E-state index in [4.69, 9.17) is 0 Å². The Bertz CT molecular complexity index is 580. The van der Waals surface area contributed by atoms with E-state index in [0.717, 1.165) is 6.07 Å². The zero-order valence-electron chi connectivity index (χ0n) is 9.70. The summed E-state index contributed by atoms with van der Waals surface area (Å²) < 4.78 is 50.0. The average molecular weight is 277 g/mol. The molecule has 1 aliphatic heterocycles. The van der Waals surface area contributed by atoms with Gasteiger partial charge in [-0.15, -0.1) is 0 Å². The molecule has 1 saturated heterocycles. The third-order valence-corrected chi connectivity index (χ3v) is 4.17. The Morgan fingerprint density at radius 2 is 2.11 bits per heavy atom. The molecule has 1 fully saturated rings. The van der Waals surface area contributed by atoms with E-state index >= 15 is 0 Å². The molecule has 1 atom stereocenters. The van der Waals surface area contributed by atoms with Crippen LogP contribution in [0, 0.1) is 11.6 Å². The lowest BCUT2D eigenvalue weighted by Gasteiger charge is -2.14. The highest BCUT2D eigenvalue weighted by Gasteiger charge is 2.29. The Kier molecular flexibility index (Phi) is 3.29. The summed E-state index contributed by atoms with van der Waals surface area (Å²) in [5.41, 5.74) is 0.113. The standard InChI is InChI=1S/C11H13F2NO3S/c1-18(16,17)11-8(12)4-7(10(15)9(11)13)6-2-3-14-5-6/h4,6,14-15H,2-3,5H2,1H3. The quantitative estimate of drug-likeness (QED) is 0.851. The highest BCUT2D eigenvalue weighted by molar-refractivity contribution is 7.90. The first kappa shape index (κ1) is 13.2. The number of hydrogen-bond acceptors (Lipinski definition) is 4. The Morgan fingerprint density at radius 3 is 2.61 bits per heavy atom. The minimum absolute atomic E-state index is 0.113. The third-order valence-electron chi connectivity index (χ3n) is 3.05. The van der Waals surface area contributed by atoms with Gasteiger partial charge in [0.2, 0.25) is 0 Å². The molecule has 1 unspecified atom stereocenters. The first-order valence-corrected chi connectivity index (χ1v) is 7.33. The Hall–Kier alpha value is -1.21. The molecule has 4 nitrogen and oxygen atoms in total. The molecule has 2 N–H and O–H groups in total. The summed E-state index contributed by atoms with van der Waals surface area (Å²) >= 11 is 0. The fraction of sp³-hybridized carbons (Fsp3) is 0.455. The van der Waals surface area contributed by atoms with Gasteiger partial charge in [-0.25, -0.2) is 17.2 Å². The number of halogens is 2. The van der Waals surface area contributed by atoms with Crippen molar-refractivity contribution < 1.29 is 22.3 Å². The van der Waals surface area contributed by atoms with Crippen molar-refractivity contribution in [2.24, 2.45) is 0 Å². The van der Waals surface area contributed by atoms with Gasteiger partial charge < -0.3 is 10.4 Å². The molecule has 1 aromatic carbocycles. The van der Waals surface area contributed by atoms with Crippen molar-refractivity contribution in [2.45, 2.75) is 17.2 Å². The topological polar surface area (TPSA) is 66.4 Å². The molecular formula is C11H13F2NO3S. The average Bonchev–Trinajstić information content (AvgIpc) is 2.74. The van der Waals surface area contributed by atoms with E-state index in [2.05, 4.69) is 5.32 Å². The van der Waals surface area contributed by atoms with Crippen molar-refractivity contribution in [3.05, 3.63) is 23.3 Å². The molecule has 0 spiro atoms. The molecular weight excluding hydrogens is 264 g/mol. The molecule has 0 aliphatic carbocycles. The van der Waals surface area contributed by atoms with Crippen LogP contribution in [0.25, 0.3) is 0 Å². The largest absolute Gasteiger partial charge is 0.505 e. The first-order chi connectivity index (χ1) is 8.32. The maximum atomic E-state index is 13.8. The third kappa shape index (κ3) is 2.20. The predicted molar refractivity (Wildman–Crippen MR) is 61.4 cm³/mol. The van der Waals surface area contributed by atoms with Crippen LogP contribution in [-0.2, 0) is 9.84 Å². The lowest BCUT2D eigenvalue weighted by molar-refractivity contribution is 0.402. The van der Waals surface area contributed by atoms with Gasteiger partial charge in [-0.05, 0) is 19.0 Å². The Morgan fingerprint density at radius 1 is 1.44 bits per heavy atom. The number of hydrogen-bond donors (Lipinski definition) is 2. The summed E-state index contributed by atoms with van der Waals surface area (Å²) in [4.78, 5) is -1.07. The number of nitrogens with one attached hydrogen (secondary N) is 1. The molecule has 7 heteroatoms. The van der Waals surface area contributed by atoms with Gasteiger partial charge >= 0.3 is 0 Å². The number of benzene rings is 1. The molecule has 0 aromatic heterocycles. The van der Waals surface area contributed by atoms with Crippen molar-refractivity contribution in [1.29, 1.82) is 0 Å². The van der Waals surface area contributed by atoms with Gasteiger partial charge in [-0.1, -0.05) is 0 Å². The minimum atomic E-state index is -4.05. The number of aromatic hydroxyl groups is 1. The molecule has 0 amide bonds. The molecule has 18 heavy (non-hydrogen) atoms. The van der Waals surface area contributed by atoms with Gasteiger partial charge in [0.1, 0.15) is 10.7 Å². The molecule has 0 saturated carbocycles. The van der Waals surface area contributed by atoms with Crippen LogP contribution in [0.1, 0.15) is 17.9 Å². The van der Waals surface area contributed by atoms with Gasteiger partial charge in [0, 0.05) is 24.3 Å². The van der Waals surface area contributed by atoms with E-state index in [-0.39, 0.29) is 11.5 Å². The smallest absolute Gasteiger partial charge is 0.186 e. The second kappa shape index (κ2) is 4.47. The number of sulfone groups is 1. The van der Waals surface area contributed by atoms with Crippen LogP contribution >= 0.6 is 0 Å². The van der Waals surface area contributed by atoms with Crippen LogP contribution in [-0.4, -0.2) is 32.9 Å². The lowest BCUT2D eigenvalue weighted by Crippen LogP contribution is -2.11. The lowest BCUT2D eigenvalue weighted by atomic mass is 9.97. The van der Waals surface area contributed by atoms with E-state index in [1.54, 1.807) is 0 Å². The van der Waals surface area contributed by atoms with Crippen molar-refractivity contribution in [1.82, 2.24) is 5.32 Å². The summed E-state index contributed by atoms with van der Waals surface area (Å²) in [6.07, 6.45) is 1.34. The van der Waals surface area contributed by atoms with Gasteiger partial charge in [0.15, 0.2) is 21.4 Å². The van der Waals surface area contributed by atoms with Crippen molar-refractivity contribution in [2.75, 3.05) is 19.3 Å². The predicted octanol–water partition coefficient (Wildman–Crippen LogP) is 1.15. The van der Waals surface area contributed by atoms with Crippen LogP contribution in [0.4, 0.5) is 8.78 Å². The summed E-state index contributed by atoms with van der Waals surface area (Å²) in [5.74, 6) is -3.54. The van der Waals surface area contributed by atoms with Crippen molar-refractivity contribution in [3.8, 4) is 5.75 Å². The highest BCUT2D eigenvalue weighted by atomic mass is 32.2. The molecule has 0 bridgehead atoms. The van der Waals surface area contributed by atoms with E-state index in [1.807, 2.05) is 0 Å². The fourth-order valence-corrected chi connectivity index (χ4v) is 3.02. The van der Waals surface area contributed by atoms with Gasteiger partial charge in [0.05, 0.1) is 0 Å². The van der Waals surface area contributed by atoms with E-state index in [1.165, 1.54) is 0 Å². The van der Waals surface area contributed by atoms with Gasteiger partial charge in [-0.2, -0.15) is 0 Å². The molecule has 100 valence electrons. The SMILES string of the molecule is CS(=O)(=O)c1c(F)cc(C2CCNC2)c(O)c1F. The molecule has 0 radical (unpaired) electrons. The van der Waals surface area contributed by atoms with Crippen LogP contribution in [0.15, 0.2) is 11.0 Å². The molecule has 1 aliphatic rings. The Labute approximate surface area is 104 Å². The first-order valence-electron chi connectivity index (χ1n) is 5.44. The molecule has 1 aromatic rings. The summed E-state index contributed by atoms with van der Waals surface area (Å²) in [7, 11) is -4.05. The fourth-order valence-electron chi connectivity index (χ4n) is 2.18. The van der Waals surface area contributed by atoms with Crippen LogP contribution in [0.3, 0.4) is 0 Å².